The zero-order valence-electron chi connectivity index (χ0n) is 8.20. The lowest BCUT2D eigenvalue weighted by molar-refractivity contribution is 0.629. The number of rotatable bonds is 1. The van der Waals surface area contributed by atoms with Crippen LogP contribution in [0.4, 0.5) is 4.39 Å². The van der Waals surface area contributed by atoms with E-state index in [-0.39, 0.29) is 10.8 Å². The largest absolute Gasteiger partial charge is 0.389 e. The van der Waals surface area contributed by atoms with Crippen LogP contribution in [0.5, 0.6) is 0 Å². The van der Waals surface area contributed by atoms with Crippen LogP contribution in [0.25, 0.3) is 10.8 Å². The molecule has 4 heteroatoms. The first-order valence-corrected chi connectivity index (χ1v) is 4.96. The summed E-state index contributed by atoms with van der Waals surface area (Å²) in [5.74, 6) is -0.368. The number of nitrogens with two attached hydrogens (primary N) is 1. The van der Waals surface area contributed by atoms with Gasteiger partial charge in [0.25, 0.3) is 0 Å². The van der Waals surface area contributed by atoms with Crippen molar-refractivity contribution in [3.05, 3.63) is 47.3 Å². The van der Waals surface area contributed by atoms with Crippen molar-refractivity contribution in [1.82, 2.24) is 0 Å². The molecule has 16 heavy (non-hydrogen) atoms. The predicted octanol–water partition coefficient (Wildman–Crippen LogP) is 2.48. The van der Waals surface area contributed by atoms with Gasteiger partial charge in [0.05, 0.1) is 11.6 Å². The summed E-state index contributed by atoms with van der Waals surface area (Å²) in [7, 11) is 0. The normalized spacial score (nSPS) is 10.0. The monoisotopic (exact) mass is 230 g/mol. The Balaban J connectivity index is 2.85. The lowest BCUT2D eigenvalue weighted by atomic mass is 10.0. The van der Waals surface area contributed by atoms with Gasteiger partial charge in [-0.05, 0) is 29.7 Å². The van der Waals surface area contributed by atoms with Crippen LogP contribution >= 0.6 is 12.2 Å². The van der Waals surface area contributed by atoms with E-state index in [9.17, 15) is 4.39 Å². The van der Waals surface area contributed by atoms with Gasteiger partial charge in [0, 0.05) is 10.9 Å². The summed E-state index contributed by atoms with van der Waals surface area (Å²) >= 11 is 4.85. The predicted molar refractivity (Wildman–Crippen MR) is 64.5 cm³/mol. The molecule has 2 rings (SSSR count). The van der Waals surface area contributed by atoms with Crippen LogP contribution in [0.15, 0.2) is 30.3 Å². The third-order valence-corrected chi connectivity index (χ3v) is 2.56. The first-order valence-electron chi connectivity index (χ1n) is 4.55. The molecule has 0 radical (unpaired) electrons. The standard InChI is InChI=1S/C12H7FN2S/c13-10-2-1-7-3-8(12(15)16)4-9(6-14)11(7)5-10/h1-5H,(H2,15,16). The minimum Gasteiger partial charge on any atom is -0.389 e. The number of hydrogen-bond acceptors (Lipinski definition) is 2. The molecule has 0 aliphatic carbocycles. The zero-order valence-corrected chi connectivity index (χ0v) is 9.01. The molecule has 78 valence electrons. The minimum atomic E-state index is -0.368. The van der Waals surface area contributed by atoms with Gasteiger partial charge < -0.3 is 5.73 Å². The third kappa shape index (κ3) is 1.73. The first kappa shape index (κ1) is 10.5. The summed E-state index contributed by atoms with van der Waals surface area (Å²) in [5, 5.41) is 10.3. The van der Waals surface area contributed by atoms with Gasteiger partial charge >= 0.3 is 0 Å². The van der Waals surface area contributed by atoms with E-state index in [4.69, 9.17) is 23.2 Å². The van der Waals surface area contributed by atoms with E-state index in [1.807, 2.05) is 6.07 Å². The Hall–Kier alpha value is -1.99. The summed E-state index contributed by atoms with van der Waals surface area (Å²) in [5.41, 5.74) is 6.50. The molecule has 0 spiro atoms. The maximum atomic E-state index is 13.1. The Kier molecular flexibility index (Phi) is 2.55. The van der Waals surface area contributed by atoms with Crippen molar-refractivity contribution in [3.63, 3.8) is 0 Å². The van der Waals surface area contributed by atoms with Crippen LogP contribution < -0.4 is 5.73 Å². The number of benzene rings is 2. The lowest BCUT2D eigenvalue weighted by Gasteiger charge is -2.04. The molecule has 0 amide bonds. The molecule has 0 fully saturated rings. The second-order valence-corrected chi connectivity index (χ2v) is 3.81. The van der Waals surface area contributed by atoms with Gasteiger partial charge in [0.15, 0.2) is 0 Å². The van der Waals surface area contributed by atoms with Crippen LogP contribution in [-0.4, -0.2) is 4.99 Å². The smallest absolute Gasteiger partial charge is 0.123 e. The van der Waals surface area contributed by atoms with Gasteiger partial charge in [-0.1, -0.05) is 18.3 Å². The fourth-order valence-corrected chi connectivity index (χ4v) is 1.68. The number of halogens is 1. The van der Waals surface area contributed by atoms with Crippen LogP contribution in [0, 0.1) is 17.1 Å². The molecule has 0 aromatic heterocycles. The summed E-state index contributed by atoms with van der Waals surface area (Å²) in [6.07, 6.45) is 0. The van der Waals surface area contributed by atoms with Crippen molar-refractivity contribution in [2.45, 2.75) is 0 Å². The highest BCUT2D eigenvalue weighted by atomic mass is 32.1. The Morgan fingerprint density at radius 2 is 2.06 bits per heavy atom. The Morgan fingerprint density at radius 3 is 2.69 bits per heavy atom. The number of nitriles is 1. The van der Waals surface area contributed by atoms with Crippen LogP contribution in [0.1, 0.15) is 11.1 Å². The average molecular weight is 230 g/mol. The Bertz CT molecular complexity index is 629. The summed E-state index contributed by atoms with van der Waals surface area (Å²) < 4.78 is 13.1. The van der Waals surface area contributed by atoms with E-state index >= 15 is 0 Å². The molecule has 0 unspecified atom stereocenters. The first-order chi connectivity index (χ1) is 7.61. The van der Waals surface area contributed by atoms with E-state index in [1.165, 1.54) is 12.1 Å². The quantitative estimate of drug-likeness (QED) is 0.766. The van der Waals surface area contributed by atoms with Gasteiger partial charge in [-0.2, -0.15) is 5.26 Å². The number of hydrogen-bond donors (Lipinski definition) is 1. The van der Waals surface area contributed by atoms with Gasteiger partial charge in [-0.25, -0.2) is 4.39 Å². The third-order valence-electron chi connectivity index (χ3n) is 2.32. The number of nitrogens with zero attached hydrogens (tertiary/aromatic N) is 1. The zero-order chi connectivity index (χ0) is 11.7. The SMILES string of the molecule is N#Cc1cc(C(N)=S)cc2ccc(F)cc12. The fraction of sp³-hybridized carbons (Fsp3) is 0. The van der Waals surface area contributed by atoms with Crippen LogP contribution in [-0.2, 0) is 0 Å². The van der Waals surface area contributed by atoms with E-state index < -0.39 is 0 Å². The molecular formula is C12H7FN2S. The number of fused-ring (bicyclic) bond motifs is 1. The highest BCUT2D eigenvalue weighted by molar-refractivity contribution is 7.80. The lowest BCUT2D eigenvalue weighted by Crippen LogP contribution is -2.09. The Morgan fingerprint density at radius 1 is 1.31 bits per heavy atom. The molecule has 2 N–H and O–H groups in total. The van der Waals surface area contributed by atoms with E-state index in [2.05, 4.69) is 0 Å². The van der Waals surface area contributed by atoms with E-state index in [0.717, 1.165) is 5.39 Å². The second kappa shape index (κ2) is 3.87. The van der Waals surface area contributed by atoms with Crippen molar-refractivity contribution >= 4 is 28.0 Å². The summed E-state index contributed by atoms with van der Waals surface area (Å²) in [4.78, 5) is 0.225. The Labute approximate surface area is 97.1 Å². The fourth-order valence-electron chi connectivity index (χ4n) is 1.56. The van der Waals surface area contributed by atoms with Crippen molar-refractivity contribution < 1.29 is 4.39 Å². The average Bonchev–Trinajstić information content (AvgIpc) is 2.27. The van der Waals surface area contributed by atoms with Crippen LogP contribution in [0.2, 0.25) is 0 Å². The summed E-state index contributed by atoms with van der Waals surface area (Å²) in [6, 6.07) is 9.61. The molecule has 2 aromatic rings. The van der Waals surface area contributed by atoms with Crippen molar-refractivity contribution in [3.8, 4) is 6.07 Å². The van der Waals surface area contributed by atoms with Gasteiger partial charge in [-0.15, -0.1) is 0 Å². The highest BCUT2D eigenvalue weighted by Gasteiger charge is 2.06. The molecule has 2 aromatic carbocycles. The molecule has 0 bridgehead atoms. The molecule has 0 aliphatic rings. The molecule has 2 nitrogen and oxygen atoms in total. The molecule has 0 aliphatic heterocycles. The second-order valence-electron chi connectivity index (χ2n) is 3.37. The molecule has 0 saturated carbocycles. The van der Waals surface area contributed by atoms with E-state index in [1.54, 1.807) is 18.2 Å². The van der Waals surface area contributed by atoms with Crippen molar-refractivity contribution in [2.75, 3.05) is 0 Å². The van der Waals surface area contributed by atoms with Gasteiger partial charge in [0.2, 0.25) is 0 Å². The topological polar surface area (TPSA) is 49.8 Å². The van der Waals surface area contributed by atoms with Gasteiger partial charge in [-0.3, -0.25) is 0 Å². The molecule has 0 heterocycles. The van der Waals surface area contributed by atoms with Gasteiger partial charge in [0.1, 0.15) is 10.8 Å². The maximum absolute atomic E-state index is 13.1. The number of thiocarbonyl (C=S) groups is 1. The summed E-state index contributed by atoms with van der Waals surface area (Å²) in [6.45, 7) is 0. The van der Waals surface area contributed by atoms with Crippen molar-refractivity contribution in [1.29, 1.82) is 5.26 Å². The maximum Gasteiger partial charge on any atom is 0.123 e. The minimum absolute atomic E-state index is 0.225. The van der Waals surface area contributed by atoms with Crippen LogP contribution in [0.3, 0.4) is 0 Å². The van der Waals surface area contributed by atoms with E-state index in [0.29, 0.717) is 16.5 Å². The molecule has 0 saturated heterocycles. The van der Waals surface area contributed by atoms with Crippen molar-refractivity contribution in [2.24, 2.45) is 5.73 Å². The highest BCUT2D eigenvalue weighted by Crippen LogP contribution is 2.21. The molecular weight excluding hydrogens is 223 g/mol. The molecule has 0 atom stereocenters.